The number of nitrogens with zero attached hydrogens (tertiary/aromatic N) is 1. The van der Waals surface area contributed by atoms with E-state index in [1.165, 1.54) is 25.1 Å². The summed E-state index contributed by atoms with van der Waals surface area (Å²) < 4.78 is 5.22. The molecule has 88 valence electrons. The summed E-state index contributed by atoms with van der Waals surface area (Å²) in [5, 5.41) is 0.751. The first-order valence-corrected chi connectivity index (χ1v) is 6.11. The zero-order valence-corrected chi connectivity index (χ0v) is 10.6. The highest BCUT2D eigenvalue weighted by atomic mass is 35.5. The largest absolute Gasteiger partial charge is 0.497 e. The molecular formula is C13H18ClNO. The maximum absolute atomic E-state index is 6.04. The van der Waals surface area contributed by atoms with E-state index in [2.05, 4.69) is 17.9 Å². The van der Waals surface area contributed by atoms with Crippen molar-refractivity contribution in [2.45, 2.75) is 19.9 Å². The minimum absolute atomic E-state index is 0.751. The van der Waals surface area contributed by atoms with Gasteiger partial charge < -0.3 is 4.74 Å². The van der Waals surface area contributed by atoms with Gasteiger partial charge in [-0.05, 0) is 42.6 Å². The molecule has 0 saturated carbocycles. The predicted octanol–water partition coefficient (Wildman–Crippen LogP) is 3.19. The average Bonchev–Trinajstić information content (AvgIpc) is 2.63. The van der Waals surface area contributed by atoms with Gasteiger partial charge in [0.05, 0.1) is 7.11 Å². The number of methoxy groups -OCH3 is 1. The van der Waals surface area contributed by atoms with Crippen LogP contribution in [0.2, 0.25) is 5.02 Å². The van der Waals surface area contributed by atoms with Crippen LogP contribution in [0.25, 0.3) is 0 Å². The van der Waals surface area contributed by atoms with E-state index in [-0.39, 0.29) is 0 Å². The van der Waals surface area contributed by atoms with Crippen molar-refractivity contribution in [3.63, 3.8) is 0 Å². The molecular weight excluding hydrogens is 222 g/mol. The Bertz CT molecular complexity index is 367. The molecule has 1 aliphatic rings. The predicted molar refractivity (Wildman–Crippen MR) is 67.1 cm³/mol. The van der Waals surface area contributed by atoms with Crippen molar-refractivity contribution >= 4 is 11.6 Å². The number of likely N-dealkylation sites (tertiary alicyclic amines) is 1. The second-order valence-electron chi connectivity index (χ2n) is 4.63. The lowest BCUT2D eigenvalue weighted by atomic mass is 10.2. The Morgan fingerprint density at radius 3 is 2.88 bits per heavy atom. The zero-order chi connectivity index (χ0) is 11.5. The van der Waals surface area contributed by atoms with Gasteiger partial charge in [0.2, 0.25) is 0 Å². The molecule has 0 unspecified atom stereocenters. The maximum atomic E-state index is 6.04. The highest BCUT2D eigenvalue weighted by molar-refractivity contribution is 6.30. The van der Waals surface area contributed by atoms with E-state index in [0.717, 1.165) is 23.2 Å². The third-order valence-corrected chi connectivity index (χ3v) is 3.30. The van der Waals surface area contributed by atoms with Crippen molar-refractivity contribution < 1.29 is 4.74 Å². The summed E-state index contributed by atoms with van der Waals surface area (Å²) in [4.78, 5) is 2.47. The number of halogens is 1. The molecule has 1 fully saturated rings. The molecule has 0 aliphatic carbocycles. The fourth-order valence-electron chi connectivity index (χ4n) is 2.26. The quantitative estimate of drug-likeness (QED) is 0.803. The van der Waals surface area contributed by atoms with Gasteiger partial charge in [0, 0.05) is 18.1 Å². The summed E-state index contributed by atoms with van der Waals surface area (Å²) in [5.74, 6) is 1.66. The fraction of sp³-hybridized carbons (Fsp3) is 0.538. The number of benzene rings is 1. The highest BCUT2D eigenvalue weighted by Crippen LogP contribution is 2.24. The molecule has 0 bridgehead atoms. The van der Waals surface area contributed by atoms with Gasteiger partial charge in [0.25, 0.3) is 0 Å². The van der Waals surface area contributed by atoms with Crippen LogP contribution in [0.5, 0.6) is 5.75 Å². The van der Waals surface area contributed by atoms with Gasteiger partial charge in [0.1, 0.15) is 5.75 Å². The first-order chi connectivity index (χ1) is 7.67. The van der Waals surface area contributed by atoms with Crippen LogP contribution in [0, 0.1) is 5.92 Å². The molecule has 0 spiro atoms. The van der Waals surface area contributed by atoms with Crippen LogP contribution in [-0.4, -0.2) is 25.1 Å². The molecule has 16 heavy (non-hydrogen) atoms. The normalized spacial score (nSPS) is 21.3. The molecule has 1 heterocycles. The highest BCUT2D eigenvalue weighted by Gasteiger charge is 2.18. The summed E-state index contributed by atoms with van der Waals surface area (Å²) in [6.45, 7) is 5.66. The summed E-state index contributed by atoms with van der Waals surface area (Å²) in [6, 6.07) is 5.93. The summed E-state index contributed by atoms with van der Waals surface area (Å²) in [7, 11) is 1.67. The number of rotatable bonds is 3. The molecule has 1 aromatic rings. The van der Waals surface area contributed by atoms with Crippen molar-refractivity contribution in [3.8, 4) is 5.75 Å². The van der Waals surface area contributed by atoms with Gasteiger partial charge in [-0.15, -0.1) is 0 Å². The van der Waals surface area contributed by atoms with Crippen LogP contribution in [-0.2, 0) is 6.54 Å². The monoisotopic (exact) mass is 239 g/mol. The Hall–Kier alpha value is -0.730. The Labute approximate surface area is 102 Å². The van der Waals surface area contributed by atoms with Crippen molar-refractivity contribution in [2.24, 2.45) is 5.92 Å². The molecule has 0 radical (unpaired) electrons. The van der Waals surface area contributed by atoms with E-state index in [4.69, 9.17) is 16.3 Å². The summed E-state index contributed by atoms with van der Waals surface area (Å²) in [6.07, 6.45) is 1.30. The molecule has 1 saturated heterocycles. The van der Waals surface area contributed by atoms with Crippen molar-refractivity contribution in [1.29, 1.82) is 0 Å². The molecule has 1 aromatic carbocycles. The van der Waals surface area contributed by atoms with Crippen molar-refractivity contribution in [1.82, 2.24) is 4.90 Å². The van der Waals surface area contributed by atoms with Crippen LogP contribution >= 0.6 is 11.6 Å². The van der Waals surface area contributed by atoms with Crippen molar-refractivity contribution in [2.75, 3.05) is 20.2 Å². The lowest BCUT2D eigenvalue weighted by Gasteiger charge is -2.16. The van der Waals surface area contributed by atoms with E-state index in [1.807, 2.05) is 12.1 Å². The number of hydrogen-bond donors (Lipinski definition) is 0. The van der Waals surface area contributed by atoms with Crippen LogP contribution in [0.3, 0.4) is 0 Å². The smallest absolute Gasteiger partial charge is 0.120 e. The molecule has 3 heteroatoms. The van der Waals surface area contributed by atoms with E-state index >= 15 is 0 Å². The topological polar surface area (TPSA) is 12.5 Å². The van der Waals surface area contributed by atoms with E-state index < -0.39 is 0 Å². The van der Waals surface area contributed by atoms with Gasteiger partial charge in [-0.2, -0.15) is 0 Å². The Morgan fingerprint density at radius 2 is 2.25 bits per heavy atom. The molecule has 0 aromatic heterocycles. The van der Waals surface area contributed by atoms with Crippen molar-refractivity contribution in [3.05, 3.63) is 28.8 Å². The van der Waals surface area contributed by atoms with Gasteiger partial charge in [-0.25, -0.2) is 0 Å². The first-order valence-electron chi connectivity index (χ1n) is 5.73. The average molecular weight is 240 g/mol. The zero-order valence-electron chi connectivity index (χ0n) is 9.87. The standard InChI is InChI=1S/C13H18ClNO/c1-10-3-4-15(8-10)9-11-5-12(14)7-13(6-11)16-2/h5-7,10H,3-4,8-9H2,1-2H3/t10-/m1/s1. The van der Waals surface area contributed by atoms with E-state index in [1.54, 1.807) is 7.11 Å². The molecule has 2 nitrogen and oxygen atoms in total. The van der Waals surface area contributed by atoms with Gasteiger partial charge in [-0.3, -0.25) is 4.90 Å². The Kier molecular flexibility index (Phi) is 3.72. The second-order valence-corrected chi connectivity index (χ2v) is 5.06. The van der Waals surface area contributed by atoms with Gasteiger partial charge >= 0.3 is 0 Å². The van der Waals surface area contributed by atoms with Crippen LogP contribution in [0.4, 0.5) is 0 Å². The van der Waals surface area contributed by atoms with Crippen LogP contribution < -0.4 is 4.74 Å². The molecule has 0 amide bonds. The van der Waals surface area contributed by atoms with Gasteiger partial charge in [0.15, 0.2) is 0 Å². The van der Waals surface area contributed by atoms with Crippen LogP contribution in [0.1, 0.15) is 18.9 Å². The van der Waals surface area contributed by atoms with Crippen LogP contribution in [0.15, 0.2) is 18.2 Å². The van der Waals surface area contributed by atoms with E-state index in [0.29, 0.717) is 0 Å². The number of hydrogen-bond acceptors (Lipinski definition) is 2. The molecule has 2 rings (SSSR count). The third-order valence-electron chi connectivity index (χ3n) is 3.08. The minimum atomic E-state index is 0.751. The summed E-state index contributed by atoms with van der Waals surface area (Å²) >= 11 is 6.04. The third kappa shape index (κ3) is 2.89. The summed E-state index contributed by atoms with van der Waals surface area (Å²) in [5.41, 5.74) is 1.23. The lowest BCUT2D eigenvalue weighted by molar-refractivity contribution is 0.319. The number of ether oxygens (including phenoxy) is 1. The maximum Gasteiger partial charge on any atom is 0.120 e. The molecule has 1 aliphatic heterocycles. The fourth-order valence-corrected chi connectivity index (χ4v) is 2.51. The molecule has 1 atom stereocenters. The minimum Gasteiger partial charge on any atom is -0.497 e. The van der Waals surface area contributed by atoms with Gasteiger partial charge in [-0.1, -0.05) is 18.5 Å². The SMILES string of the molecule is COc1cc(Cl)cc(CN2CC[C@@H](C)C2)c1. The second kappa shape index (κ2) is 5.07. The Balaban J connectivity index is 2.06. The lowest BCUT2D eigenvalue weighted by Crippen LogP contribution is -2.19. The van der Waals surface area contributed by atoms with E-state index in [9.17, 15) is 0 Å². The Morgan fingerprint density at radius 1 is 1.44 bits per heavy atom. The molecule has 0 N–H and O–H groups in total. The first kappa shape index (κ1) is 11.7.